The third-order valence-electron chi connectivity index (χ3n) is 2.92. The van der Waals surface area contributed by atoms with Gasteiger partial charge < -0.3 is 5.32 Å². The highest BCUT2D eigenvalue weighted by molar-refractivity contribution is 7.85. The van der Waals surface area contributed by atoms with Crippen molar-refractivity contribution in [3.8, 4) is 0 Å². The molecule has 0 spiro atoms. The summed E-state index contributed by atoms with van der Waals surface area (Å²) in [5, 5.41) is 3.37. The average Bonchev–Trinajstić information content (AvgIpc) is 2.27. The number of aryl methyl sites for hydroxylation is 1. The maximum Gasteiger partial charge on any atom is 0.126 e. The number of anilines is 1. The first-order chi connectivity index (χ1) is 7.65. The fourth-order valence-corrected chi connectivity index (χ4v) is 3.21. The quantitative estimate of drug-likeness (QED) is 0.861. The average molecular weight is 241 g/mol. The van der Waals surface area contributed by atoms with Crippen molar-refractivity contribution < 1.29 is 8.60 Å². The van der Waals surface area contributed by atoms with Crippen LogP contribution in [0, 0.1) is 12.7 Å². The first-order valence-electron chi connectivity index (χ1n) is 5.53. The first kappa shape index (κ1) is 11.6. The van der Waals surface area contributed by atoms with E-state index in [-0.39, 0.29) is 5.82 Å². The van der Waals surface area contributed by atoms with Crippen LogP contribution >= 0.6 is 0 Å². The van der Waals surface area contributed by atoms with E-state index in [0.29, 0.717) is 11.6 Å². The molecule has 1 N–H and O–H groups in total. The minimum atomic E-state index is -0.627. The van der Waals surface area contributed by atoms with Crippen LogP contribution in [0.2, 0.25) is 0 Å². The number of benzene rings is 1. The van der Waals surface area contributed by atoms with Gasteiger partial charge in [0.1, 0.15) is 5.82 Å². The van der Waals surface area contributed by atoms with Crippen molar-refractivity contribution in [1.82, 2.24) is 0 Å². The molecular weight excluding hydrogens is 225 g/mol. The van der Waals surface area contributed by atoms with E-state index >= 15 is 0 Å². The van der Waals surface area contributed by atoms with Crippen LogP contribution in [-0.4, -0.2) is 21.8 Å². The van der Waals surface area contributed by atoms with Crippen molar-refractivity contribution in [1.29, 1.82) is 0 Å². The van der Waals surface area contributed by atoms with Gasteiger partial charge >= 0.3 is 0 Å². The van der Waals surface area contributed by atoms with Gasteiger partial charge in [-0.1, -0.05) is 0 Å². The summed E-state index contributed by atoms with van der Waals surface area (Å²) in [6.45, 7) is 1.76. The molecule has 88 valence electrons. The van der Waals surface area contributed by atoms with Crippen molar-refractivity contribution in [3.05, 3.63) is 29.6 Å². The summed E-state index contributed by atoms with van der Waals surface area (Å²) < 4.78 is 24.3. The predicted molar refractivity (Wildman–Crippen MR) is 65.7 cm³/mol. The van der Waals surface area contributed by atoms with Gasteiger partial charge in [-0.15, -0.1) is 0 Å². The van der Waals surface area contributed by atoms with Gasteiger partial charge in [-0.25, -0.2) is 4.39 Å². The highest BCUT2D eigenvalue weighted by Crippen LogP contribution is 2.18. The summed E-state index contributed by atoms with van der Waals surface area (Å²) in [5.41, 5.74) is 1.61. The fourth-order valence-electron chi connectivity index (χ4n) is 1.91. The summed E-state index contributed by atoms with van der Waals surface area (Å²) in [7, 11) is -0.627. The number of hydrogen-bond acceptors (Lipinski definition) is 2. The zero-order valence-electron chi connectivity index (χ0n) is 9.33. The van der Waals surface area contributed by atoms with Gasteiger partial charge in [0.15, 0.2) is 0 Å². The summed E-state index contributed by atoms with van der Waals surface area (Å²) in [6, 6.07) is 5.44. The Balaban J connectivity index is 1.98. The van der Waals surface area contributed by atoms with Gasteiger partial charge in [0.05, 0.1) is 0 Å². The molecule has 0 bridgehead atoms. The lowest BCUT2D eigenvalue weighted by Gasteiger charge is -2.23. The van der Waals surface area contributed by atoms with E-state index in [1.54, 1.807) is 13.0 Å². The monoisotopic (exact) mass is 241 g/mol. The Morgan fingerprint density at radius 1 is 1.38 bits per heavy atom. The van der Waals surface area contributed by atoms with E-state index in [1.807, 2.05) is 6.07 Å². The zero-order valence-corrected chi connectivity index (χ0v) is 10.1. The number of nitrogens with one attached hydrogen (secondary N) is 1. The number of halogens is 1. The molecule has 1 aliphatic heterocycles. The van der Waals surface area contributed by atoms with Crippen LogP contribution < -0.4 is 5.32 Å². The second kappa shape index (κ2) is 4.95. The van der Waals surface area contributed by atoms with Gasteiger partial charge in [-0.05, 0) is 43.5 Å². The van der Waals surface area contributed by atoms with Crippen molar-refractivity contribution in [2.45, 2.75) is 25.8 Å². The minimum absolute atomic E-state index is 0.171. The maximum atomic E-state index is 13.1. The molecule has 1 aromatic rings. The van der Waals surface area contributed by atoms with Crippen molar-refractivity contribution >= 4 is 16.5 Å². The molecule has 1 saturated heterocycles. The Hall–Kier alpha value is -0.900. The van der Waals surface area contributed by atoms with Crippen LogP contribution in [0.5, 0.6) is 0 Å². The molecule has 1 aromatic carbocycles. The molecule has 0 atom stereocenters. The van der Waals surface area contributed by atoms with Crippen LogP contribution in [0.15, 0.2) is 18.2 Å². The number of hydrogen-bond donors (Lipinski definition) is 1. The van der Waals surface area contributed by atoms with Crippen molar-refractivity contribution in [2.75, 3.05) is 16.8 Å². The third-order valence-corrected chi connectivity index (χ3v) is 4.30. The predicted octanol–water partition coefficient (Wildman–Crippen LogP) is 2.46. The van der Waals surface area contributed by atoms with Crippen molar-refractivity contribution in [3.63, 3.8) is 0 Å². The Labute approximate surface area is 97.7 Å². The van der Waals surface area contributed by atoms with Crippen LogP contribution in [0.25, 0.3) is 0 Å². The highest BCUT2D eigenvalue weighted by atomic mass is 32.2. The molecule has 4 heteroatoms. The second-order valence-corrected chi connectivity index (χ2v) is 5.93. The topological polar surface area (TPSA) is 29.1 Å². The van der Waals surface area contributed by atoms with Gasteiger partial charge in [0.2, 0.25) is 0 Å². The SMILES string of the molecule is Cc1cc(NC2CCS(=O)CC2)ccc1F. The van der Waals surface area contributed by atoms with Crippen LogP contribution in [0.1, 0.15) is 18.4 Å². The Morgan fingerprint density at radius 3 is 2.69 bits per heavy atom. The van der Waals surface area contributed by atoms with Gasteiger partial charge in [-0.3, -0.25) is 4.21 Å². The molecule has 0 radical (unpaired) electrons. The standard InChI is InChI=1S/C12H16FNOS/c1-9-8-11(2-3-12(9)13)14-10-4-6-16(15)7-5-10/h2-3,8,10,14H,4-7H2,1H3. The van der Waals surface area contributed by atoms with E-state index in [4.69, 9.17) is 0 Å². The van der Waals surface area contributed by atoms with E-state index < -0.39 is 10.8 Å². The van der Waals surface area contributed by atoms with Crippen LogP contribution in [-0.2, 0) is 10.8 Å². The van der Waals surface area contributed by atoms with Crippen LogP contribution in [0.4, 0.5) is 10.1 Å². The Kier molecular flexibility index (Phi) is 3.59. The molecule has 1 heterocycles. The number of rotatable bonds is 2. The molecule has 2 rings (SSSR count). The fraction of sp³-hybridized carbons (Fsp3) is 0.500. The molecule has 0 aliphatic carbocycles. The largest absolute Gasteiger partial charge is 0.382 e. The zero-order chi connectivity index (χ0) is 11.5. The molecular formula is C12H16FNOS. The van der Waals surface area contributed by atoms with Crippen LogP contribution in [0.3, 0.4) is 0 Å². The lowest BCUT2D eigenvalue weighted by Crippen LogP contribution is -2.29. The minimum Gasteiger partial charge on any atom is -0.382 e. The molecule has 0 unspecified atom stereocenters. The summed E-state index contributed by atoms with van der Waals surface area (Å²) in [4.78, 5) is 0. The molecule has 16 heavy (non-hydrogen) atoms. The lowest BCUT2D eigenvalue weighted by atomic mass is 10.1. The summed E-state index contributed by atoms with van der Waals surface area (Å²) >= 11 is 0. The Morgan fingerprint density at radius 2 is 2.06 bits per heavy atom. The Bertz CT molecular complexity index is 398. The van der Waals surface area contributed by atoms with E-state index in [1.165, 1.54) is 6.07 Å². The maximum absolute atomic E-state index is 13.1. The van der Waals surface area contributed by atoms with Gasteiger partial charge in [-0.2, -0.15) is 0 Å². The van der Waals surface area contributed by atoms with E-state index in [2.05, 4.69) is 5.32 Å². The lowest BCUT2D eigenvalue weighted by molar-refractivity contribution is 0.615. The van der Waals surface area contributed by atoms with Crippen molar-refractivity contribution in [2.24, 2.45) is 0 Å². The molecule has 1 fully saturated rings. The molecule has 0 saturated carbocycles. The molecule has 0 aromatic heterocycles. The van der Waals surface area contributed by atoms with E-state index in [9.17, 15) is 8.60 Å². The summed E-state index contributed by atoms with van der Waals surface area (Å²) in [6.07, 6.45) is 1.87. The second-order valence-electron chi connectivity index (χ2n) is 4.23. The van der Waals surface area contributed by atoms with Gasteiger partial charge in [0, 0.05) is 34.0 Å². The third kappa shape index (κ3) is 2.82. The van der Waals surface area contributed by atoms with E-state index in [0.717, 1.165) is 30.0 Å². The normalized spacial score (nSPS) is 25.4. The molecule has 0 amide bonds. The molecule has 1 aliphatic rings. The summed E-state index contributed by atoms with van der Waals surface area (Å²) in [5.74, 6) is 1.38. The van der Waals surface area contributed by atoms with Gasteiger partial charge in [0.25, 0.3) is 0 Å². The first-order valence-corrected chi connectivity index (χ1v) is 7.01. The molecule has 2 nitrogen and oxygen atoms in total. The smallest absolute Gasteiger partial charge is 0.126 e. The highest BCUT2D eigenvalue weighted by Gasteiger charge is 2.17.